The maximum Gasteiger partial charge on any atom is 0.0400 e. The van der Waals surface area contributed by atoms with Crippen LogP contribution in [0.1, 0.15) is 5.56 Å². The molecule has 1 heteroatoms. The van der Waals surface area contributed by atoms with Gasteiger partial charge in [0.25, 0.3) is 0 Å². The molecule has 1 nitrogen and oxygen atoms in total. The fraction of sp³-hybridized carbons (Fsp3) is 0.0526. The third-order valence-corrected chi connectivity index (χ3v) is 4.05. The summed E-state index contributed by atoms with van der Waals surface area (Å²) >= 11 is 0. The van der Waals surface area contributed by atoms with Gasteiger partial charge in [-0.3, -0.25) is 0 Å². The Hall–Kier alpha value is -2.54. The highest BCUT2D eigenvalue weighted by Crippen LogP contribution is 2.37. The molecule has 0 spiro atoms. The van der Waals surface area contributed by atoms with Crippen molar-refractivity contribution in [2.45, 2.75) is 6.92 Å². The van der Waals surface area contributed by atoms with Crippen LogP contribution in [0.2, 0.25) is 0 Å². The van der Waals surface area contributed by atoms with Crippen molar-refractivity contribution in [3.63, 3.8) is 0 Å². The molecule has 0 aliphatic carbocycles. The van der Waals surface area contributed by atoms with Crippen LogP contribution in [0.3, 0.4) is 0 Å². The van der Waals surface area contributed by atoms with E-state index in [9.17, 15) is 0 Å². The van der Waals surface area contributed by atoms with Gasteiger partial charge in [0.1, 0.15) is 0 Å². The molecular formula is C19H15N. The Morgan fingerprint density at radius 2 is 1.30 bits per heavy atom. The van der Waals surface area contributed by atoms with Crippen molar-refractivity contribution in [2.24, 2.45) is 0 Å². The molecule has 4 aromatic rings. The summed E-state index contributed by atoms with van der Waals surface area (Å²) in [7, 11) is 0. The SMILES string of the molecule is Cc1ccc2c3ccccc3c3cccc(N)c3c2c1. The molecule has 2 N–H and O–H groups in total. The van der Waals surface area contributed by atoms with E-state index in [1.165, 1.54) is 37.9 Å². The summed E-state index contributed by atoms with van der Waals surface area (Å²) in [5, 5.41) is 7.49. The summed E-state index contributed by atoms with van der Waals surface area (Å²) < 4.78 is 0. The predicted octanol–water partition coefficient (Wildman–Crippen LogP) is 5.04. The van der Waals surface area contributed by atoms with Crippen molar-refractivity contribution in [2.75, 3.05) is 5.73 Å². The second-order valence-corrected chi connectivity index (χ2v) is 5.36. The number of rotatable bonds is 0. The third kappa shape index (κ3) is 1.44. The first-order valence-electron chi connectivity index (χ1n) is 6.85. The van der Waals surface area contributed by atoms with Crippen molar-refractivity contribution >= 4 is 38.0 Å². The molecule has 0 radical (unpaired) electrons. The van der Waals surface area contributed by atoms with Gasteiger partial charge < -0.3 is 5.73 Å². The average Bonchev–Trinajstić information content (AvgIpc) is 2.47. The second-order valence-electron chi connectivity index (χ2n) is 5.36. The predicted molar refractivity (Wildman–Crippen MR) is 88.1 cm³/mol. The molecule has 0 fully saturated rings. The highest BCUT2D eigenvalue weighted by Gasteiger charge is 2.09. The van der Waals surface area contributed by atoms with Gasteiger partial charge in [-0.05, 0) is 39.9 Å². The lowest BCUT2D eigenvalue weighted by molar-refractivity contribution is 1.51. The van der Waals surface area contributed by atoms with E-state index in [1.807, 2.05) is 12.1 Å². The first-order chi connectivity index (χ1) is 9.75. The fourth-order valence-corrected chi connectivity index (χ4v) is 3.15. The molecule has 96 valence electrons. The minimum absolute atomic E-state index is 0.851. The lowest BCUT2D eigenvalue weighted by Crippen LogP contribution is -1.90. The molecule has 0 aliphatic rings. The topological polar surface area (TPSA) is 26.0 Å². The molecule has 4 aromatic carbocycles. The van der Waals surface area contributed by atoms with Gasteiger partial charge in [0.05, 0.1) is 0 Å². The van der Waals surface area contributed by atoms with Crippen LogP contribution in [-0.2, 0) is 0 Å². The van der Waals surface area contributed by atoms with Crippen LogP contribution in [0.5, 0.6) is 0 Å². The molecule has 0 aliphatic heterocycles. The Bertz CT molecular complexity index is 967. The zero-order valence-electron chi connectivity index (χ0n) is 11.4. The number of aryl methyl sites for hydroxylation is 1. The molecule has 0 bridgehead atoms. The minimum Gasteiger partial charge on any atom is -0.398 e. The van der Waals surface area contributed by atoms with Crippen molar-refractivity contribution in [3.05, 3.63) is 66.2 Å². The Morgan fingerprint density at radius 1 is 0.650 bits per heavy atom. The van der Waals surface area contributed by atoms with Crippen molar-refractivity contribution in [3.8, 4) is 0 Å². The fourth-order valence-electron chi connectivity index (χ4n) is 3.15. The smallest absolute Gasteiger partial charge is 0.0400 e. The summed E-state index contributed by atoms with van der Waals surface area (Å²) in [6.07, 6.45) is 0. The molecule has 0 aromatic heterocycles. The average molecular weight is 257 g/mol. The van der Waals surface area contributed by atoms with Crippen molar-refractivity contribution < 1.29 is 0 Å². The van der Waals surface area contributed by atoms with Gasteiger partial charge in [-0.2, -0.15) is 0 Å². The number of hydrogen-bond acceptors (Lipinski definition) is 1. The number of fused-ring (bicyclic) bond motifs is 6. The van der Waals surface area contributed by atoms with Gasteiger partial charge >= 0.3 is 0 Å². The first kappa shape index (κ1) is 11.3. The number of nitrogen functional groups attached to an aromatic ring is 1. The zero-order chi connectivity index (χ0) is 13.7. The van der Waals surface area contributed by atoms with Gasteiger partial charge in [0.2, 0.25) is 0 Å². The number of hydrogen-bond donors (Lipinski definition) is 1. The summed E-state index contributed by atoms with van der Waals surface area (Å²) in [4.78, 5) is 0. The van der Waals surface area contributed by atoms with Gasteiger partial charge in [-0.15, -0.1) is 0 Å². The number of nitrogens with two attached hydrogens (primary N) is 1. The molecule has 0 unspecified atom stereocenters. The quantitative estimate of drug-likeness (QED) is 0.347. The van der Waals surface area contributed by atoms with Gasteiger partial charge in [0, 0.05) is 11.1 Å². The van der Waals surface area contributed by atoms with Crippen LogP contribution < -0.4 is 5.73 Å². The lowest BCUT2D eigenvalue weighted by Gasteiger charge is -2.12. The Kier molecular flexibility index (Phi) is 2.25. The molecule has 0 heterocycles. The summed E-state index contributed by atoms with van der Waals surface area (Å²) in [6, 6.07) is 21.3. The molecule has 4 rings (SSSR count). The number of anilines is 1. The summed E-state index contributed by atoms with van der Waals surface area (Å²) in [5.74, 6) is 0. The monoisotopic (exact) mass is 257 g/mol. The van der Waals surface area contributed by atoms with Gasteiger partial charge in [-0.1, -0.05) is 60.2 Å². The highest BCUT2D eigenvalue weighted by molar-refractivity contribution is 6.27. The maximum absolute atomic E-state index is 6.26. The van der Waals surface area contributed by atoms with E-state index < -0.39 is 0 Å². The van der Waals surface area contributed by atoms with Crippen LogP contribution in [0.15, 0.2) is 60.7 Å². The van der Waals surface area contributed by atoms with Crippen LogP contribution in [0.25, 0.3) is 32.3 Å². The molecule has 0 saturated heterocycles. The molecule has 0 saturated carbocycles. The number of benzene rings is 4. The van der Waals surface area contributed by atoms with Crippen molar-refractivity contribution in [1.29, 1.82) is 0 Å². The highest BCUT2D eigenvalue weighted by atomic mass is 14.5. The van der Waals surface area contributed by atoms with E-state index in [4.69, 9.17) is 5.73 Å². The van der Waals surface area contributed by atoms with E-state index in [0.717, 1.165) is 5.69 Å². The zero-order valence-corrected chi connectivity index (χ0v) is 11.4. The standard InChI is InChI=1S/C19H15N/c1-12-9-10-15-13-5-2-3-6-14(13)16-7-4-8-18(20)19(16)17(15)11-12/h2-11H,20H2,1H3. The van der Waals surface area contributed by atoms with E-state index in [-0.39, 0.29) is 0 Å². The Morgan fingerprint density at radius 3 is 2.10 bits per heavy atom. The van der Waals surface area contributed by atoms with Crippen molar-refractivity contribution in [1.82, 2.24) is 0 Å². The van der Waals surface area contributed by atoms with Crippen LogP contribution in [-0.4, -0.2) is 0 Å². The van der Waals surface area contributed by atoms with E-state index >= 15 is 0 Å². The molecule has 0 amide bonds. The Balaban J connectivity index is 2.45. The molecular weight excluding hydrogens is 242 g/mol. The maximum atomic E-state index is 6.26. The Labute approximate surface area is 117 Å². The minimum atomic E-state index is 0.851. The van der Waals surface area contributed by atoms with E-state index in [0.29, 0.717) is 0 Å². The molecule has 0 atom stereocenters. The second kappa shape index (κ2) is 3.97. The lowest BCUT2D eigenvalue weighted by atomic mass is 9.93. The van der Waals surface area contributed by atoms with E-state index in [1.54, 1.807) is 0 Å². The van der Waals surface area contributed by atoms with Crippen LogP contribution in [0, 0.1) is 6.92 Å². The van der Waals surface area contributed by atoms with Crippen LogP contribution >= 0.6 is 0 Å². The summed E-state index contributed by atoms with van der Waals surface area (Å²) in [5.41, 5.74) is 8.38. The first-order valence-corrected chi connectivity index (χ1v) is 6.85. The van der Waals surface area contributed by atoms with Gasteiger partial charge in [-0.25, -0.2) is 0 Å². The van der Waals surface area contributed by atoms with Gasteiger partial charge in [0.15, 0.2) is 0 Å². The normalized spacial score (nSPS) is 11.4. The molecule has 20 heavy (non-hydrogen) atoms. The van der Waals surface area contributed by atoms with E-state index in [2.05, 4.69) is 55.5 Å². The third-order valence-electron chi connectivity index (χ3n) is 4.05. The summed E-state index contributed by atoms with van der Waals surface area (Å²) in [6.45, 7) is 2.12. The van der Waals surface area contributed by atoms with Crippen LogP contribution in [0.4, 0.5) is 5.69 Å². The largest absolute Gasteiger partial charge is 0.398 e.